The minimum Gasteiger partial charge on any atom is -0.489 e. The summed E-state index contributed by atoms with van der Waals surface area (Å²) in [6.07, 6.45) is 5.25. The number of nitrogens with two attached hydrogens (primary N) is 1. The van der Waals surface area contributed by atoms with Crippen molar-refractivity contribution in [2.24, 2.45) is 5.73 Å². The number of hydrogen-bond donors (Lipinski definition) is 2. The third kappa shape index (κ3) is 5.28. The summed E-state index contributed by atoms with van der Waals surface area (Å²) < 4.78 is 16.0. The van der Waals surface area contributed by atoms with E-state index in [9.17, 15) is 4.79 Å². The van der Waals surface area contributed by atoms with E-state index in [1.54, 1.807) is 26.2 Å². The quantitative estimate of drug-likeness (QED) is 0.501. The highest BCUT2D eigenvalue weighted by atomic mass is 16.5. The van der Waals surface area contributed by atoms with Gasteiger partial charge in [0.15, 0.2) is 0 Å². The second kappa shape index (κ2) is 9.66. The fourth-order valence-corrected chi connectivity index (χ4v) is 1.88. The van der Waals surface area contributed by atoms with Crippen LogP contribution in [0, 0.1) is 19.3 Å². The Balaban J connectivity index is 2.77. The highest BCUT2D eigenvalue weighted by Gasteiger charge is 2.14. The molecular weight excluding hydrogens is 284 g/mol. The number of amides is 1. The molecule has 1 aromatic rings. The Morgan fingerprint density at radius 2 is 2.05 bits per heavy atom. The summed E-state index contributed by atoms with van der Waals surface area (Å²) in [7, 11) is 1.61. The molecule has 0 aromatic heterocycles. The van der Waals surface area contributed by atoms with Gasteiger partial charge in [0.1, 0.15) is 12.4 Å². The maximum absolute atomic E-state index is 11.4. The molecule has 0 aliphatic heterocycles. The van der Waals surface area contributed by atoms with Crippen LogP contribution in [0.2, 0.25) is 0 Å². The zero-order valence-corrected chi connectivity index (χ0v) is 13.0. The predicted molar refractivity (Wildman–Crippen MR) is 85.2 cm³/mol. The lowest BCUT2D eigenvalue weighted by atomic mass is 10.1. The summed E-state index contributed by atoms with van der Waals surface area (Å²) in [5.74, 6) is 2.55. The van der Waals surface area contributed by atoms with Gasteiger partial charge in [-0.05, 0) is 19.1 Å². The molecule has 0 saturated carbocycles. The van der Waals surface area contributed by atoms with Crippen LogP contribution < -0.4 is 15.8 Å². The monoisotopic (exact) mass is 306 g/mol. The summed E-state index contributed by atoms with van der Waals surface area (Å²) in [5, 5.41) is 3.06. The van der Waals surface area contributed by atoms with Gasteiger partial charge in [0.05, 0.1) is 32.1 Å². The van der Waals surface area contributed by atoms with E-state index < -0.39 is 5.91 Å². The summed E-state index contributed by atoms with van der Waals surface area (Å²) in [4.78, 5) is 11.4. The van der Waals surface area contributed by atoms with Gasteiger partial charge in [0.2, 0.25) is 5.91 Å². The molecule has 1 aromatic carbocycles. The van der Waals surface area contributed by atoms with E-state index in [0.717, 1.165) is 5.69 Å². The molecule has 3 N–H and O–H groups in total. The minimum absolute atomic E-state index is 0.345. The number of methoxy groups -OCH3 is 1. The molecule has 0 unspecified atom stereocenters. The van der Waals surface area contributed by atoms with Crippen molar-refractivity contribution in [2.75, 3.05) is 45.4 Å². The molecule has 6 nitrogen and oxygen atoms in total. The van der Waals surface area contributed by atoms with Crippen molar-refractivity contribution in [2.45, 2.75) is 6.92 Å². The van der Waals surface area contributed by atoms with Gasteiger partial charge >= 0.3 is 0 Å². The molecule has 0 heterocycles. The topological polar surface area (TPSA) is 82.8 Å². The standard InChI is InChI=1S/C16H22N2O4/c1-4-7-18-14-6-5-13(16(17)19)12(2)15(14)22-11-10-21-9-8-20-3/h1,5-6,18H,7-11H2,2-3H3,(H2,17,19). The number of benzene rings is 1. The average Bonchev–Trinajstić information content (AvgIpc) is 2.50. The van der Waals surface area contributed by atoms with E-state index in [0.29, 0.717) is 49.8 Å². The van der Waals surface area contributed by atoms with Gasteiger partial charge in [-0.15, -0.1) is 6.42 Å². The maximum atomic E-state index is 11.4. The zero-order valence-electron chi connectivity index (χ0n) is 13.0. The van der Waals surface area contributed by atoms with Gasteiger partial charge in [0.25, 0.3) is 0 Å². The van der Waals surface area contributed by atoms with E-state index in [1.165, 1.54) is 0 Å². The van der Waals surface area contributed by atoms with Crippen LogP contribution in [0.5, 0.6) is 5.75 Å². The van der Waals surface area contributed by atoms with Gasteiger partial charge in [-0.25, -0.2) is 0 Å². The molecule has 0 aliphatic rings. The van der Waals surface area contributed by atoms with Crippen LogP contribution in [0.3, 0.4) is 0 Å². The lowest BCUT2D eigenvalue weighted by molar-refractivity contribution is 0.0544. The van der Waals surface area contributed by atoms with Gasteiger partial charge in [0, 0.05) is 18.2 Å². The Bertz CT molecular complexity index is 538. The lowest BCUT2D eigenvalue weighted by Gasteiger charge is -2.16. The van der Waals surface area contributed by atoms with E-state index in [2.05, 4.69) is 11.2 Å². The first-order valence-electron chi connectivity index (χ1n) is 6.92. The van der Waals surface area contributed by atoms with E-state index in [1.807, 2.05) is 0 Å². The molecule has 0 atom stereocenters. The van der Waals surface area contributed by atoms with Crippen molar-refractivity contribution in [1.82, 2.24) is 0 Å². The van der Waals surface area contributed by atoms with Gasteiger partial charge in [-0.3, -0.25) is 4.79 Å². The highest BCUT2D eigenvalue weighted by molar-refractivity contribution is 5.95. The Labute approximate surface area is 130 Å². The molecule has 1 amide bonds. The minimum atomic E-state index is -0.498. The number of hydrogen-bond acceptors (Lipinski definition) is 5. The van der Waals surface area contributed by atoms with Crippen molar-refractivity contribution >= 4 is 11.6 Å². The van der Waals surface area contributed by atoms with Crippen molar-refractivity contribution in [3.63, 3.8) is 0 Å². The number of terminal acetylenes is 1. The second-order valence-electron chi connectivity index (χ2n) is 4.49. The van der Waals surface area contributed by atoms with Gasteiger partial charge in [-0.1, -0.05) is 5.92 Å². The Morgan fingerprint density at radius 3 is 2.68 bits per heavy atom. The average molecular weight is 306 g/mol. The molecule has 0 aliphatic carbocycles. The first kappa shape index (κ1) is 17.8. The Kier molecular flexibility index (Phi) is 7.83. The normalized spacial score (nSPS) is 10.0. The highest BCUT2D eigenvalue weighted by Crippen LogP contribution is 2.31. The third-order valence-electron chi connectivity index (χ3n) is 2.96. The summed E-state index contributed by atoms with van der Waals surface area (Å²) in [6, 6.07) is 3.38. The third-order valence-corrected chi connectivity index (χ3v) is 2.96. The summed E-state index contributed by atoms with van der Waals surface area (Å²) in [6.45, 7) is 3.93. The van der Waals surface area contributed by atoms with Crippen LogP contribution in [-0.4, -0.2) is 46.0 Å². The lowest BCUT2D eigenvalue weighted by Crippen LogP contribution is -2.16. The molecule has 0 saturated heterocycles. The van der Waals surface area contributed by atoms with Crippen molar-refractivity contribution in [3.05, 3.63) is 23.3 Å². The van der Waals surface area contributed by atoms with E-state index in [-0.39, 0.29) is 0 Å². The Hall–Kier alpha value is -2.23. The number of carbonyl (C=O) groups is 1. The number of ether oxygens (including phenoxy) is 3. The number of primary amides is 1. The summed E-state index contributed by atoms with van der Waals surface area (Å²) in [5.41, 5.74) is 7.17. The van der Waals surface area contributed by atoms with Crippen LogP contribution in [0.25, 0.3) is 0 Å². The molecular formula is C16H22N2O4. The van der Waals surface area contributed by atoms with Crippen LogP contribution in [0.1, 0.15) is 15.9 Å². The molecule has 0 fully saturated rings. The smallest absolute Gasteiger partial charge is 0.249 e. The SMILES string of the molecule is C#CCNc1ccc(C(N)=O)c(C)c1OCCOCCOC. The molecule has 120 valence electrons. The fourth-order valence-electron chi connectivity index (χ4n) is 1.88. The summed E-state index contributed by atoms with van der Waals surface area (Å²) >= 11 is 0. The van der Waals surface area contributed by atoms with E-state index in [4.69, 9.17) is 26.4 Å². The predicted octanol–water partition coefficient (Wildman–Crippen LogP) is 1.18. The molecule has 1 rings (SSSR count). The van der Waals surface area contributed by atoms with Crippen LogP contribution in [-0.2, 0) is 9.47 Å². The first-order chi connectivity index (χ1) is 10.6. The van der Waals surface area contributed by atoms with Gasteiger partial charge in [-0.2, -0.15) is 0 Å². The molecule has 0 spiro atoms. The molecule has 0 bridgehead atoms. The largest absolute Gasteiger partial charge is 0.489 e. The van der Waals surface area contributed by atoms with E-state index >= 15 is 0 Å². The Morgan fingerprint density at radius 1 is 1.32 bits per heavy atom. The number of anilines is 1. The number of nitrogens with one attached hydrogen (secondary N) is 1. The van der Waals surface area contributed by atoms with Crippen LogP contribution >= 0.6 is 0 Å². The van der Waals surface area contributed by atoms with Crippen LogP contribution in [0.4, 0.5) is 5.69 Å². The number of rotatable bonds is 10. The van der Waals surface area contributed by atoms with Crippen LogP contribution in [0.15, 0.2) is 12.1 Å². The fraction of sp³-hybridized carbons (Fsp3) is 0.438. The first-order valence-corrected chi connectivity index (χ1v) is 6.92. The van der Waals surface area contributed by atoms with Gasteiger partial charge < -0.3 is 25.3 Å². The molecule has 22 heavy (non-hydrogen) atoms. The number of carbonyl (C=O) groups excluding carboxylic acids is 1. The van der Waals surface area contributed by atoms with Crippen molar-refractivity contribution in [1.29, 1.82) is 0 Å². The molecule has 6 heteroatoms. The molecule has 0 radical (unpaired) electrons. The zero-order chi connectivity index (χ0) is 16.4. The second-order valence-corrected chi connectivity index (χ2v) is 4.49. The van der Waals surface area contributed by atoms with Crippen molar-refractivity contribution in [3.8, 4) is 18.1 Å². The maximum Gasteiger partial charge on any atom is 0.249 e. The van der Waals surface area contributed by atoms with Crippen molar-refractivity contribution < 1.29 is 19.0 Å².